The summed E-state index contributed by atoms with van der Waals surface area (Å²) >= 11 is 0. The summed E-state index contributed by atoms with van der Waals surface area (Å²) in [6.07, 6.45) is 5.99. The van der Waals surface area contributed by atoms with Crippen LogP contribution in [0.25, 0.3) is 0 Å². The van der Waals surface area contributed by atoms with Crippen LogP contribution in [0, 0.1) is 11.8 Å². The molecule has 2 nitrogen and oxygen atoms in total. The van der Waals surface area contributed by atoms with E-state index in [1.54, 1.807) is 0 Å². The first-order valence-electron chi connectivity index (χ1n) is 6.24. The van der Waals surface area contributed by atoms with Gasteiger partial charge in [0.15, 0.2) is 5.78 Å². The van der Waals surface area contributed by atoms with Gasteiger partial charge in [-0.3, -0.25) is 4.79 Å². The highest BCUT2D eigenvalue weighted by Gasteiger charge is 2.34. The molecule has 0 amide bonds. The molecule has 0 aromatic carbocycles. The van der Waals surface area contributed by atoms with Crippen molar-refractivity contribution in [3.63, 3.8) is 0 Å². The lowest BCUT2D eigenvalue weighted by atomic mass is 9.74. The van der Waals surface area contributed by atoms with Gasteiger partial charge in [0.05, 0.1) is 5.54 Å². The average molecular weight is 211 g/mol. The fourth-order valence-electron chi connectivity index (χ4n) is 2.53. The van der Waals surface area contributed by atoms with E-state index in [1.807, 2.05) is 20.9 Å². The smallest absolute Gasteiger partial charge is 0.155 e. The van der Waals surface area contributed by atoms with E-state index in [2.05, 4.69) is 12.2 Å². The molecule has 1 saturated carbocycles. The molecule has 0 saturated heterocycles. The van der Waals surface area contributed by atoms with Crippen molar-refractivity contribution in [3.8, 4) is 0 Å². The Kier molecular flexibility index (Phi) is 4.32. The highest BCUT2D eigenvalue weighted by Crippen LogP contribution is 2.33. The fraction of sp³-hybridized carbons (Fsp3) is 0.923. The molecule has 0 aromatic heterocycles. The summed E-state index contributed by atoms with van der Waals surface area (Å²) in [5, 5.41) is 3.12. The monoisotopic (exact) mass is 211 g/mol. The van der Waals surface area contributed by atoms with Crippen LogP contribution < -0.4 is 5.32 Å². The number of Topliss-reactive ketones (excluding diaryl/α,β-unsaturated/α-hetero) is 1. The van der Waals surface area contributed by atoms with E-state index < -0.39 is 0 Å². The summed E-state index contributed by atoms with van der Waals surface area (Å²) in [6.45, 7) is 6.22. The Bertz CT molecular complexity index is 223. The molecule has 2 heteroatoms. The summed E-state index contributed by atoms with van der Waals surface area (Å²) in [5.41, 5.74) is -0.347. The van der Waals surface area contributed by atoms with Gasteiger partial charge in [-0.2, -0.15) is 0 Å². The van der Waals surface area contributed by atoms with Gasteiger partial charge in [-0.25, -0.2) is 0 Å². The van der Waals surface area contributed by atoms with Gasteiger partial charge in [0.1, 0.15) is 0 Å². The molecule has 0 aromatic rings. The van der Waals surface area contributed by atoms with Crippen LogP contribution in [-0.2, 0) is 4.79 Å². The number of rotatable bonds is 4. The SMILES string of the molecule is CCC1CCCC(C(=O)C(C)(C)NC)C1. The number of nitrogens with one attached hydrogen (secondary N) is 1. The first-order valence-corrected chi connectivity index (χ1v) is 6.24. The minimum absolute atomic E-state index is 0.297. The Morgan fingerprint density at radius 1 is 1.40 bits per heavy atom. The zero-order chi connectivity index (χ0) is 11.5. The number of ketones is 1. The third-order valence-corrected chi connectivity index (χ3v) is 3.97. The zero-order valence-corrected chi connectivity index (χ0v) is 10.6. The Hall–Kier alpha value is -0.370. The molecular formula is C13H25NO. The van der Waals surface area contributed by atoms with Crippen molar-refractivity contribution in [1.29, 1.82) is 0 Å². The molecule has 1 aliphatic rings. The topological polar surface area (TPSA) is 29.1 Å². The van der Waals surface area contributed by atoms with Crippen molar-refractivity contribution in [2.75, 3.05) is 7.05 Å². The van der Waals surface area contributed by atoms with Crippen molar-refractivity contribution in [1.82, 2.24) is 5.32 Å². The second-order valence-corrected chi connectivity index (χ2v) is 5.38. The highest BCUT2D eigenvalue weighted by molar-refractivity contribution is 5.89. The van der Waals surface area contributed by atoms with Gasteiger partial charge >= 0.3 is 0 Å². The molecule has 0 aliphatic heterocycles. The summed E-state index contributed by atoms with van der Waals surface area (Å²) < 4.78 is 0. The van der Waals surface area contributed by atoms with Crippen LogP contribution in [0.2, 0.25) is 0 Å². The maximum Gasteiger partial charge on any atom is 0.155 e. The predicted molar refractivity (Wildman–Crippen MR) is 63.9 cm³/mol. The van der Waals surface area contributed by atoms with E-state index in [-0.39, 0.29) is 5.54 Å². The van der Waals surface area contributed by atoms with Crippen molar-refractivity contribution < 1.29 is 4.79 Å². The average Bonchev–Trinajstić information content (AvgIpc) is 2.28. The molecule has 1 N–H and O–H groups in total. The lowest BCUT2D eigenvalue weighted by molar-refractivity contribution is -0.129. The van der Waals surface area contributed by atoms with Crippen molar-refractivity contribution in [2.24, 2.45) is 11.8 Å². The lowest BCUT2D eigenvalue weighted by Gasteiger charge is -2.33. The first-order chi connectivity index (χ1) is 7.01. The molecular weight excluding hydrogens is 186 g/mol. The molecule has 0 spiro atoms. The highest BCUT2D eigenvalue weighted by atomic mass is 16.1. The summed E-state index contributed by atoms with van der Waals surface area (Å²) in [4.78, 5) is 12.2. The molecule has 15 heavy (non-hydrogen) atoms. The van der Waals surface area contributed by atoms with Crippen LogP contribution in [0.1, 0.15) is 52.9 Å². The molecule has 1 rings (SSSR count). The minimum atomic E-state index is -0.347. The quantitative estimate of drug-likeness (QED) is 0.774. The van der Waals surface area contributed by atoms with E-state index in [1.165, 1.54) is 19.3 Å². The predicted octanol–water partition coefficient (Wildman–Crippen LogP) is 2.77. The second kappa shape index (κ2) is 5.11. The number of likely N-dealkylation sites (N-methyl/N-ethyl adjacent to an activating group) is 1. The standard InChI is InChI=1S/C13H25NO/c1-5-10-7-6-8-11(9-10)12(15)13(2,3)14-4/h10-11,14H,5-9H2,1-4H3. The molecule has 1 fully saturated rings. The van der Waals surface area contributed by atoms with Crippen LogP contribution in [0.4, 0.5) is 0 Å². The summed E-state index contributed by atoms with van der Waals surface area (Å²) in [6, 6.07) is 0. The molecule has 88 valence electrons. The van der Waals surface area contributed by atoms with Gasteiger partial charge < -0.3 is 5.32 Å². The molecule has 0 bridgehead atoms. The zero-order valence-electron chi connectivity index (χ0n) is 10.6. The Balaban J connectivity index is 2.60. The molecule has 0 heterocycles. The minimum Gasteiger partial charge on any atom is -0.308 e. The maximum absolute atomic E-state index is 12.2. The maximum atomic E-state index is 12.2. The van der Waals surface area contributed by atoms with E-state index in [0.29, 0.717) is 11.7 Å². The number of carbonyl (C=O) groups excluding carboxylic acids is 1. The second-order valence-electron chi connectivity index (χ2n) is 5.38. The van der Waals surface area contributed by atoms with E-state index in [4.69, 9.17) is 0 Å². The van der Waals surface area contributed by atoms with Crippen molar-refractivity contribution >= 4 is 5.78 Å². The van der Waals surface area contributed by atoms with Crippen LogP contribution in [0.5, 0.6) is 0 Å². The van der Waals surface area contributed by atoms with Gasteiger partial charge in [0.25, 0.3) is 0 Å². The largest absolute Gasteiger partial charge is 0.308 e. The van der Waals surface area contributed by atoms with Crippen LogP contribution in [0.3, 0.4) is 0 Å². The number of carbonyl (C=O) groups is 1. The Labute approximate surface area is 93.8 Å². The number of hydrogen-bond acceptors (Lipinski definition) is 2. The van der Waals surface area contributed by atoms with Gasteiger partial charge in [0, 0.05) is 5.92 Å². The number of hydrogen-bond donors (Lipinski definition) is 1. The van der Waals surface area contributed by atoms with Gasteiger partial charge in [-0.1, -0.05) is 26.2 Å². The van der Waals surface area contributed by atoms with E-state index in [0.717, 1.165) is 18.8 Å². The van der Waals surface area contributed by atoms with Crippen LogP contribution >= 0.6 is 0 Å². The van der Waals surface area contributed by atoms with Crippen molar-refractivity contribution in [3.05, 3.63) is 0 Å². The third-order valence-electron chi connectivity index (χ3n) is 3.97. The Morgan fingerprint density at radius 2 is 2.07 bits per heavy atom. The van der Waals surface area contributed by atoms with Gasteiger partial charge in [-0.15, -0.1) is 0 Å². The molecule has 1 aliphatic carbocycles. The molecule has 2 atom stereocenters. The van der Waals surface area contributed by atoms with E-state index >= 15 is 0 Å². The summed E-state index contributed by atoms with van der Waals surface area (Å²) in [5.74, 6) is 1.48. The fourth-order valence-corrected chi connectivity index (χ4v) is 2.53. The lowest BCUT2D eigenvalue weighted by Crippen LogP contribution is -2.48. The van der Waals surface area contributed by atoms with Gasteiger partial charge in [0.2, 0.25) is 0 Å². The van der Waals surface area contributed by atoms with E-state index in [9.17, 15) is 4.79 Å². The molecule has 2 unspecified atom stereocenters. The summed E-state index contributed by atoms with van der Waals surface area (Å²) in [7, 11) is 1.87. The van der Waals surface area contributed by atoms with Crippen molar-refractivity contribution in [2.45, 2.75) is 58.4 Å². The van der Waals surface area contributed by atoms with Crippen LogP contribution in [0.15, 0.2) is 0 Å². The normalized spacial score (nSPS) is 27.7. The molecule has 0 radical (unpaired) electrons. The van der Waals surface area contributed by atoms with Crippen LogP contribution in [-0.4, -0.2) is 18.4 Å². The van der Waals surface area contributed by atoms with Gasteiger partial charge in [-0.05, 0) is 39.7 Å². The third kappa shape index (κ3) is 3.04. The first kappa shape index (κ1) is 12.7. The Morgan fingerprint density at radius 3 is 2.60 bits per heavy atom.